The highest BCUT2D eigenvalue weighted by molar-refractivity contribution is 7.14. The Morgan fingerprint density at radius 3 is 2.68 bits per heavy atom. The SMILES string of the molecule is O=C(NCc1cccc(C(F)(F)F)c1)C1CCCN(C(=O)c2csc(Nc3ccccc3)n2)C1. The number of benzene rings is 2. The molecule has 1 aliphatic rings. The minimum atomic E-state index is -4.43. The summed E-state index contributed by atoms with van der Waals surface area (Å²) in [6.07, 6.45) is -3.17. The maximum absolute atomic E-state index is 12.9. The molecule has 1 aromatic heterocycles. The number of carbonyl (C=O) groups excluding carboxylic acids is 2. The Kier molecular flexibility index (Phi) is 7.16. The molecule has 0 aliphatic carbocycles. The Balaban J connectivity index is 1.33. The van der Waals surface area contributed by atoms with Gasteiger partial charge in [0, 0.05) is 30.7 Å². The van der Waals surface area contributed by atoms with Crippen molar-refractivity contribution >= 4 is 34.0 Å². The van der Waals surface area contributed by atoms with Gasteiger partial charge in [-0.05, 0) is 42.7 Å². The van der Waals surface area contributed by atoms with E-state index < -0.39 is 17.7 Å². The zero-order chi connectivity index (χ0) is 24.1. The third kappa shape index (κ3) is 5.93. The zero-order valence-corrected chi connectivity index (χ0v) is 19.0. The number of amides is 2. The quantitative estimate of drug-likeness (QED) is 0.508. The molecule has 0 saturated carbocycles. The molecule has 2 aromatic carbocycles. The fraction of sp³-hybridized carbons (Fsp3) is 0.292. The molecule has 0 bridgehead atoms. The van der Waals surface area contributed by atoms with Crippen LogP contribution in [0.4, 0.5) is 24.0 Å². The van der Waals surface area contributed by atoms with Crippen molar-refractivity contribution in [3.05, 3.63) is 76.8 Å². The standard InChI is InChI=1S/C24H23F3N4O2S/c25-24(26,27)18-8-4-6-16(12-18)13-28-21(32)17-7-5-11-31(14-17)22(33)20-15-34-23(30-20)29-19-9-2-1-3-10-19/h1-4,6,8-10,12,15,17H,5,7,11,13-14H2,(H,28,32)(H,29,30). The Hall–Kier alpha value is -3.40. The number of hydrogen-bond donors (Lipinski definition) is 2. The van der Waals surface area contributed by atoms with E-state index in [-0.39, 0.29) is 24.9 Å². The molecule has 0 radical (unpaired) electrons. The largest absolute Gasteiger partial charge is 0.416 e. The molecule has 1 atom stereocenters. The van der Waals surface area contributed by atoms with Crippen LogP contribution in [0.5, 0.6) is 0 Å². The number of piperidine rings is 1. The summed E-state index contributed by atoms with van der Waals surface area (Å²) in [5.74, 6) is -0.948. The van der Waals surface area contributed by atoms with Crippen molar-refractivity contribution in [1.82, 2.24) is 15.2 Å². The van der Waals surface area contributed by atoms with Crippen LogP contribution < -0.4 is 10.6 Å². The van der Waals surface area contributed by atoms with Crippen LogP contribution in [0.1, 0.15) is 34.5 Å². The van der Waals surface area contributed by atoms with Gasteiger partial charge in [-0.15, -0.1) is 11.3 Å². The van der Waals surface area contributed by atoms with E-state index in [1.165, 1.54) is 23.5 Å². The van der Waals surface area contributed by atoms with E-state index in [1.54, 1.807) is 10.3 Å². The summed E-state index contributed by atoms with van der Waals surface area (Å²) in [6.45, 7) is 0.759. The molecule has 1 saturated heterocycles. The molecule has 34 heavy (non-hydrogen) atoms. The van der Waals surface area contributed by atoms with Crippen molar-refractivity contribution in [1.29, 1.82) is 0 Å². The maximum Gasteiger partial charge on any atom is 0.416 e. The number of para-hydroxylation sites is 1. The monoisotopic (exact) mass is 488 g/mol. The van der Waals surface area contributed by atoms with Crippen LogP contribution in [0.2, 0.25) is 0 Å². The van der Waals surface area contributed by atoms with Gasteiger partial charge in [-0.1, -0.05) is 30.3 Å². The predicted octanol–water partition coefficient (Wildman–Crippen LogP) is 5.07. The van der Waals surface area contributed by atoms with Crippen LogP contribution in [-0.4, -0.2) is 34.8 Å². The van der Waals surface area contributed by atoms with Gasteiger partial charge in [0.2, 0.25) is 5.91 Å². The minimum Gasteiger partial charge on any atom is -0.352 e. The zero-order valence-electron chi connectivity index (χ0n) is 18.1. The number of alkyl halides is 3. The summed E-state index contributed by atoms with van der Waals surface area (Å²) < 4.78 is 38.7. The van der Waals surface area contributed by atoms with Gasteiger partial charge >= 0.3 is 6.18 Å². The highest BCUT2D eigenvalue weighted by Crippen LogP contribution is 2.29. The van der Waals surface area contributed by atoms with Gasteiger partial charge in [-0.2, -0.15) is 13.2 Å². The second-order valence-corrected chi connectivity index (χ2v) is 8.89. The molecule has 178 valence electrons. The van der Waals surface area contributed by atoms with Gasteiger partial charge in [-0.25, -0.2) is 4.98 Å². The van der Waals surface area contributed by atoms with E-state index in [9.17, 15) is 22.8 Å². The summed E-state index contributed by atoms with van der Waals surface area (Å²) in [4.78, 5) is 31.6. The Bertz CT molecular complexity index is 1150. The number of nitrogens with one attached hydrogen (secondary N) is 2. The molecular weight excluding hydrogens is 465 g/mol. The van der Waals surface area contributed by atoms with Crippen LogP contribution in [0, 0.1) is 5.92 Å². The van der Waals surface area contributed by atoms with Crippen molar-refractivity contribution in [2.45, 2.75) is 25.6 Å². The Morgan fingerprint density at radius 1 is 1.12 bits per heavy atom. The van der Waals surface area contributed by atoms with E-state index in [1.807, 2.05) is 30.3 Å². The minimum absolute atomic E-state index is 0.00615. The van der Waals surface area contributed by atoms with Crippen molar-refractivity contribution in [2.24, 2.45) is 5.92 Å². The lowest BCUT2D eigenvalue weighted by Gasteiger charge is -2.31. The highest BCUT2D eigenvalue weighted by atomic mass is 32.1. The third-order valence-electron chi connectivity index (χ3n) is 5.55. The van der Waals surface area contributed by atoms with Gasteiger partial charge in [0.05, 0.1) is 11.5 Å². The number of likely N-dealkylation sites (tertiary alicyclic amines) is 1. The first kappa shape index (κ1) is 23.7. The van der Waals surface area contributed by atoms with Crippen molar-refractivity contribution in [3.8, 4) is 0 Å². The molecule has 10 heteroatoms. The van der Waals surface area contributed by atoms with Crippen LogP contribution in [0.25, 0.3) is 0 Å². The molecule has 4 rings (SSSR count). The van der Waals surface area contributed by atoms with Crippen molar-refractivity contribution < 1.29 is 22.8 Å². The molecule has 2 N–H and O–H groups in total. The third-order valence-corrected chi connectivity index (χ3v) is 6.31. The van der Waals surface area contributed by atoms with E-state index in [0.29, 0.717) is 35.8 Å². The number of rotatable bonds is 6. The van der Waals surface area contributed by atoms with Gasteiger partial charge in [0.1, 0.15) is 5.69 Å². The Morgan fingerprint density at radius 2 is 1.91 bits per heavy atom. The van der Waals surface area contributed by atoms with E-state index >= 15 is 0 Å². The summed E-state index contributed by atoms with van der Waals surface area (Å²) in [6, 6.07) is 14.4. The Labute approximate surface area is 198 Å². The number of thiazole rings is 1. The van der Waals surface area contributed by atoms with Crippen molar-refractivity contribution in [3.63, 3.8) is 0 Å². The molecule has 1 aliphatic heterocycles. The van der Waals surface area contributed by atoms with Gasteiger partial charge in [0.15, 0.2) is 5.13 Å². The van der Waals surface area contributed by atoms with Crippen LogP contribution >= 0.6 is 11.3 Å². The first-order chi connectivity index (χ1) is 16.3. The van der Waals surface area contributed by atoms with Crippen LogP contribution in [-0.2, 0) is 17.5 Å². The second kappa shape index (κ2) is 10.3. The normalized spacial score (nSPS) is 16.2. The van der Waals surface area contributed by atoms with Gasteiger partial charge in [-0.3, -0.25) is 9.59 Å². The molecule has 2 amide bonds. The van der Waals surface area contributed by atoms with Gasteiger partial charge in [0.25, 0.3) is 5.91 Å². The molecule has 1 fully saturated rings. The molecule has 3 aromatic rings. The molecule has 2 heterocycles. The van der Waals surface area contributed by atoms with Crippen LogP contribution in [0.3, 0.4) is 0 Å². The maximum atomic E-state index is 12.9. The summed E-state index contributed by atoms with van der Waals surface area (Å²) in [7, 11) is 0. The molecule has 0 spiro atoms. The predicted molar refractivity (Wildman–Crippen MR) is 124 cm³/mol. The molecule has 6 nitrogen and oxygen atoms in total. The lowest BCUT2D eigenvalue weighted by molar-refractivity contribution is -0.137. The van der Waals surface area contributed by atoms with Crippen molar-refractivity contribution in [2.75, 3.05) is 18.4 Å². The van der Waals surface area contributed by atoms with Crippen LogP contribution in [0.15, 0.2) is 60.0 Å². The lowest BCUT2D eigenvalue weighted by atomic mass is 9.96. The smallest absolute Gasteiger partial charge is 0.352 e. The topological polar surface area (TPSA) is 74.3 Å². The highest BCUT2D eigenvalue weighted by Gasteiger charge is 2.31. The summed E-state index contributed by atoms with van der Waals surface area (Å²) in [5.41, 5.74) is 0.797. The average Bonchev–Trinajstić information content (AvgIpc) is 3.31. The number of halogens is 3. The number of carbonyl (C=O) groups is 2. The van der Waals surface area contributed by atoms with E-state index in [2.05, 4.69) is 15.6 Å². The first-order valence-corrected chi connectivity index (χ1v) is 11.7. The fourth-order valence-electron chi connectivity index (χ4n) is 3.80. The average molecular weight is 489 g/mol. The molecule has 1 unspecified atom stereocenters. The summed E-state index contributed by atoms with van der Waals surface area (Å²) >= 11 is 1.32. The lowest BCUT2D eigenvalue weighted by Crippen LogP contribution is -2.45. The number of anilines is 2. The number of aromatic nitrogens is 1. The number of nitrogens with zero attached hydrogens (tertiary/aromatic N) is 2. The fourth-order valence-corrected chi connectivity index (χ4v) is 4.51. The summed E-state index contributed by atoms with van der Waals surface area (Å²) in [5, 5.41) is 8.15. The van der Waals surface area contributed by atoms with Gasteiger partial charge < -0.3 is 15.5 Å². The second-order valence-electron chi connectivity index (χ2n) is 8.04. The van der Waals surface area contributed by atoms with E-state index in [0.717, 1.165) is 17.8 Å². The molecular formula is C24H23F3N4O2S. The van der Waals surface area contributed by atoms with E-state index in [4.69, 9.17) is 0 Å². The number of hydrogen-bond acceptors (Lipinski definition) is 5. The first-order valence-electron chi connectivity index (χ1n) is 10.8.